The number of anilines is 1. The third-order valence-electron chi connectivity index (χ3n) is 4.66. The number of hydrogen-bond acceptors (Lipinski definition) is 2. The van der Waals surface area contributed by atoms with E-state index in [0.717, 1.165) is 42.7 Å². The summed E-state index contributed by atoms with van der Waals surface area (Å²) in [6.45, 7) is 3.75. The van der Waals surface area contributed by atoms with Gasteiger partial charge in [-0.1, -0.05) is 37.3 Å². The number of hydrogen-bond donors (Lipinski definition) is 1. The molecule has 4 nitrogen and oxygen atoms in total. The minimum Gasteiger partial charge on any atom is -0.376 e. The van der Waals surface area contributed by atoms with Crippen LogP contribution in [0, 0.1) is 5.82 Å². The van der Waals surface area contributed by atoms with Gasteiger partial charge in [0.15, 0.2) is 0 Å². The van der Waals surface area contributed by atoms with Crippen molar-refractivity contribution in [3.63, 3.8) is 0 Å². The van der Waals surface area contributed by atoms with E-state index in [1.54, 1.807) is 17.0 Å². The van der Waals surface area contributed by atoms with Crippen LogP contribution in [-0.4, -0.2) is 30.2 Å². The minimum absolute atomic E-state index is 0.0580. The molecule has 1 N–H and O–H groups in total. The van der Waals surface area contributed by atoms with Gasteiger partial charge in [0.05, 0.1) is 6.10 Å². The van der Waals surface area contributed by atoms with E-state index in [1.165, 1.54) is 12.1 Å². The summed E-state index contributed by atoms with van der Waals surface area (Å²) in [6, 6.07) is 13.9. The normalized spacial score (nSPS) is 16.5. The highest BCUT2D eigenvalue weighted by molar-refractivity contribution is 5.90. The number of carbonyl (C=O) groups is 1. The molecule has 0 unspecified atom stereocenters. The summed E-state index contributed by atoms with van der Waals surface area (Å²) >= 11 is 0. The average molecular weight is 356 g/mol. The van der Waals surface area contributed by atoms with Crippen molar-refractivity contribution in [3.05, 3.63) is 65.5 Å². The number of amides is 2. The van der Waals surface area contributed by atoms with E-state index in [1.807, 2.05) is 24.3 Å². The molecule has 138 valence electrons. The number of benzene rings is 2. The highest BCUT2D eigenvalue weighted by atomic mass is 19.1. The molecule has 1 saturated heterocycles. The quantitative estimate of drug-likeness (QED) is 0.822. The summed E-state index contributed by atoms with van der Waals surface area (Å²) in [6.07, 6.45) is 2.89. The summed E-state index contributed by atoms with van der Waals surface area (Å²) in [4.78, 5) is 14.7. The number of urea groups is 1. The van der Waals surface area contributed by atoms with Crippen LogP contribution in [0.5, 0.6) is 0 Å². The van der Waals surface area contributed by atoms with Gasteiger partial charge in [-0.3, -0.25) is 0 Å². The molecule has 2 aromatic carbocycles. The van der Waals surface area contributed by atoms with E-state index in [0.29, 0.717) is 13.1 Å². The van der Waals surface area contributed by atoms with Crippen LogP contribution in [0.4, 0.5) is 14.9 Å². The van der Waals surface area contributed by atoms with Gasteiger partial charge in [0, 0.05) is 25.4 Å². The Labute approximate surface area is 154 Å². The average Bonchev–Trinajstić information content (AvgIpc) is 3.16. The van der Waals surface area contributed by atoms with Crippen LogP contribution in [0.2, 0.25) is 0 Å². The molecule has 0 bridgehead atoms. The van der Waals surface area contributed by atoms with Gasteiger partial charge in [0.2, 0.25) is 0 Å². The Balaban J connectivity index is 1.74. The molecular weight excluding hydrogens is 331 g/mol. The van der Waals surface area contributed by atoms with Crippen molar-refractivity contribution in [2.75, 3.05) is 18.5 Å². The molecule has 1 heterocycles. The van der Waals surface area contributed by atoms with Crippen LogP contribution < -0.4 is 5.32 Å². The van der Waals surface area contributed by atoms with Crippen molar-refractivity contribution in [1.29, 1.82) is 0 Å². The van der Waals surface area contributed by atoms with Gasteiger partial charge >= 0.3 is 6.03 Å². The fraction of sp³-hybridized carbons (Fsp3) is 0.381. The Morgan fingerprint density at radius 2 is 2.00 bits per heavy atom. The molecule has 1 aliphatic rings. The SMILES string of the molecule is CCc1ccccc1NC(=O)N(Cc1ccc(F)cc1)C[C@H]1CCCO1. The second-order valence-corrected chi connectivity index (χ2v) is 6.58. The number of aryl methyl sites for hydroxylation is 1. The lowest BCUT2D eigenvalue weighted by Gasteiger charge is -2.26. The van der Waals surface area contributed by atoms with E-state index in [4.69, 9.17) is 4.74 Å². The fourth-order valence-electron chi connectivity index (χ4n) is 3.21. The van der Waals surface area contributed by atoms with E-state index in [2.05, 4.69) is 12.2 Å². The van der Waals surface area contributed by atoms with Gasteiger partial charge in [0.1, 0.15) is 5.82 Å². The van der Waals surface area contributed by atoms with E-state index < -0.39 is 0 Å². The number of halogens is 1. The molecule has 26 heavy (non-hydrogen) atoms. The molecular formula is C21H25FN2O2. The molecule has 0 spiro atoms. The van der Waals surface area contributed by atoms with Crippen LogP contribution in [0.3, 0.4) is 0 Å². The van der Waals surface area contributed by atoms with E-state index in [9.17, 15) is 9.18 Å². The lowest BCUT2D eigenvalue weighted by atomic mass is 10.1. The van der Waals surface area contributed by atoms with Crippen LogP contribution in [0.1, 0.15) is 30.9 Å². The number of carbonyl (C=O) groups excluding carboxylic acids is 1. The van der Waals surface area contributed by atoms with Gasteiger partial charge in [0.25, 0.3) is 0 Å². The third-order valence-corrected chi connectivity index (χ3v) is 4.66. The first-order chi connectivity index (χ1) is 12.7. The molecule has 5 heteroatoms. The Kier molecular flexibility index (Phi) is 6.23. The van der Waals surface area contributed by atoms with Gasteiger partial charge < -0.3 is 15.0 Å². The Bertz CT molecular complexity index is 727. The molecule has 1 fully saturated rings. The van der Waals surface area contributed by atoms with Crippen molar-refractivity contribution >= 4 is 11.7 Å². The second-order valence-electron chi connectivity index (χ2n) is 6.58. The summed E-state index contributed by atoms with van der Waals surface area (Å²) in [5, 5.41) is 3.02. The van der Waals surface area contributed by atoms with Crippen LogP contribution in [-0.2, 0) is 17.7 Å². The maximum atomic E-state index is 13.2. The maximum Gasteiger partial charge on any atom is 0.322 e. The molecule has 2 aromatic rings. The predicted octanol–water partition coefficient (Wildman–Crippen LogP) is 4.60. The van der Waals surface area contributed by atoms with Crippen molar-refractivity contribution in [2.45, 2.75) is 38.8 Å². The standard InChI is InChI=1S/C21H25FN2O2/c1-2-17-6-3-4-8-20(17)23-21(25)24(15-19-7-5-13-26-19)14-16-9-11-18(22)12-10-16/h3-4,6,8-12,19H,2,5,7,13-15H2,1H3,(H,23,25)/t19-/m1/s1. The number of nitrogens with one attached hydrogen (secondary N) is 1. The Morgan fingerprint density at radius 1 is 1.23 bits per heavy atom. The van der Waals surface area contributed by atoms with Crippen molar-refractivity contribution in [1.82, 2.24) is 4.90 Å². The summed E-state index contributed by atoms with van der Waals surface area (Å²) < 4.78 is 18.9. The summed E-state index contributed by atoms with van der Waals surface area (Å²) in [5.74, 6) is -0.277. The van der Waals surface area contributed by atoms with E-state index >= 15 is 0 Å². The zero-order valence-electron chi connectivity index (χ0n) is 15.1. The largest absolute Gasteiger partial charge is 0.376 e. The predicted molar refractivity (Wildman–Crippen MR) is 101 cm³/mol. The van der Waals surface area contributed by atoms with Crippen molar-refractivity contribution < 1.29 is 13.9 Å². The highest BCUT2D eigenvalue weighted by Gasteiger charge is 2.23. The number of ether oxygens (including phenoxy) is 1. The van der Waals surface area contributed by atoms with Gasteiger partial charge in [-0.2, -0.15) is 0 Å². The molecule has 0 saturated carbocycles. The van der Waals surface area contributed by atoms with Crippen LogP contribution in [0.15, 0.2) is 48.5 Å². The number of rotatable bonds is 6. The zero-order valence-corrected chi connectivity index (χ0v) is 15.1. The first-order valence-corrected chi connectivity index (χ1v) is 9.15. The first-order valence-electron chi connectivity index (χ1n) is 9.15. The van der Waals surface area contributed by atoms with Crippen molar-refractivity contribution in [3.8, 4) is 0 Å². The molecule has 1 aliphatic heterocycles. The molecule has 0 aliphatic carbocycles. The summed E-state index contributed by atoms with van der Waals surface area (Å²) in [7, 11) is 0. The Morgan fingerprint density at radius 3 is 2.69 bits per heavy atom. The topological polar surface area (TPSA) is 41.6 Å². The molecule has 3 rings (SSSR count). The zero-order chi connectivity index (χ0) is 18.4. The lowest BCUT2D eigenvalue weighted by Crippen LogP contribution is -2.39. The van der Waals surface area contributed by atoms with Gasteiger partial charge in [-0.05, 0) is 48.6 Å². The molecule has 0 aromatic heterocycles. The molecule has 1 atom stereocenters. The minimum atomic E-state index is -0.277. The lowest BCUT2D eigenvalue weighted by molar-refractivity contribution is 0.0819. The maximum absolute atomic E-state index is 13.2. The molecule has 0 radical (unpaired) electrons. The number of nitrogens with zero attached hydrogens (tertiary/aromatic N) is 1. The van der Waals surface area contributed by atoms with Crippen LogP contribution >= 0.6 is 0 Å². The number of para-hydroxylation sites is 1. The fourth-order valence-corrected chi connectivity index (χ4v) is 3.21. The van der Waals surface area contributed by atoms with Crippen LogP contribution in [0.25, 0.3) is 0 Å². The van der Waals surface area contributed by atoms with Crippen molar-refractivity contribution in [2.24, 2.45) is 0 Å². The molecule has 2 amide bonds. The smallest absolute Gasteiger partial charge is 0.322 e. The first kappa shape index (κ1) is 18.4. The second kappa shape index (κ2) is 8.81. The van der Waals surface area contributed by atoms with Gasteiger partial charge in [-0.15, -0.1) is 0 Å². The van der Waals surface area contributed by atoms with Gasteiger partial charge in [-0.25, -0.2) is 9.18 Å². The monoisotopic (exact) mass is 356 g/mol. The summed E-state index contributed by atoms with van der Waals surface area (Å²) in [5.41, 5.74) is 2.82. The Hall–Kier alpha value is -2.40. The third kappa shape index (κ3) is 4.82. The van der Waals surface area contributed by atoms with E-state index in [-0.39, 0.29) is 18.0 Å². The highest BCUT2D eigenvalue weighted by Crippen LogP contribution is 2.19.